The monoisotopic (exact) mass is 307 g/mol. The number of benzene rings is 2. The molecule has 0 saturated heterocycles. The molecule has 116 valence electrons. The molecule has 0 radical (unpaired) electrons. The van der Waals surface area contributed by atoms with Gasteiger partial charge in [0.25, 0.3) is 5.56 Å². The molecule has 0 aliphatic carbocycles. The molecule has 1 heterocycles. The maximum atomic E-state index is 12.3. The molecule has 0 spiro atoms. The van der Waals surface area contributed by atoms with Gasteiger partial charge in [-0.1, -0.05) is 12.1 Å². The zero-order valence-corrected chi connectivity index (χ0v) is 12.9. The van der Waals surface area contributed by atoms with E-state index in [2.05, 4.69) is 20.5 Å². The Balaban J connectivity index is 1.90. The topological polar surface area (TPSA) is 96.7 Å². The Hall–Kier alpha value is -3.15. The molecule has 0 unspecified atom stereocenters. The Morgan fingerprint density at radius 1 is 1.00 bits per heavy atom. The molecular weight excluding hydrogens is 290 g/mol. The number of hydrogen-bond donors (Lipinski definition) is 3. The summed E-state index contributed by atoms with van der Waals surface area (Å²) in [5.41, 5.74) is 10.1. The van der Waals surface area contributed by atoms with Crippen LogP contribution in [0.3, 0.4) is 0 Å². The number of nitrogen functional groups attached to an aromatic ring is 1. The van der Waals surface area contributed by atoms with Crippen LogP contribution in [0, 0.1) is 13.8 Å². The molecular formula is C17H17N5O. The fraction of sp³-hybridized carbons (Fsp3) is 0.118. The maximum Gasteiger partial charge on any atom is 0.279 e. The highest BCUT2D eigenvalue weighted by atomic mass is 16.1. The normalized spacial score (nSPS) is 10.5. The first kappa shape index (κ1) is 14.8. The molecule has 0 bridgehead atoms. The molecule has 6 nitrogen and oxygen atoms in total. The van der Waals surface area contributed by atoms with Crippen molar-refractivity contribution in [1.29, 1.82) is 0 Å². The van der Waals surface area contributed by atoms with E-state index in [-0.39, 0.29) is 11.5 Å². The number of hydrogen-bond acceptors (Lipinski definition) is 5. The van der Waals surface area contributed by atoms with Crippen LogP contribution in [-0.2, 0) is 0 Å². The van der Waals surface area contributed by atoms with Crippen molar-refractivity contribution in [2.75, 3.05) is 11.1 Å². The average Bonchev–Trinajstić information content (AvgIpc) is 2.53. The second-order valence-electron chi connectivity index (χ2n) is 5.40. The lowest BCUT2D eigenvalue weighted by Crippen LogP contribution is -2.15. The number of aryl methyl sites for hydroxylation is 2. The van der Waals surface area contributed by atoms with Crippen molar-refractivity contribution in [2.45, 2.75) is 13.8 Å². The highest BCUT2D eigenvalue weighted by Crippen LogP contribution is 2.18. The van der Waals surface area contributed by atoms with E-state index in [1.807, 2.05) is 32.0 Å². The molecule has 23 heavy (non-hydrogen) atoms. The van der Waals surface area contributed by atoms with Gasteiger partial charge < -0.3 is 11.1 Å². The molecule has 0 fully saturated rings. The van der Waals surface area contributed by atoms with E-state index in [9.17, 15) is 4.79 Å². The number of H-pyrrole nitrogens is 1. The Morgan fingerprint density at radius 2 is 1.74 bits per heavy atom. The summed E-state index contributed by atoms with van der Waals surface area (Å²) in [5.74, 6) is 0.285. The first-order valence-electron chi connectivity index (χ1n) is 7.20. The molecule has 3 rings (SSSR count). The van der Waals surface area contributed by atoms with Crippen LogP contribution < -0.4 is 16.6 Å². The third-order valence-corrected chi connectivity index (χ3v) is 3.65. The second kappa shape index (κ2) is 5.92. The predicted octanol–water partition coefficient (Wildman–Crippen LogP) is 2.77. The largest absolute Gasteiger partial charge is 0.399 e. The van der Waals surface area contributed by atoms with Gasteiger partial charge in [0.1, 0.15) is 0 Å². The maximum absolute atomic E-state index is 12.3. The van der Waals surface area contributed by atoms with Gasteiger partial charge in [0.05, 0.1) is 0 Å². The Morgan fingerprint density at radius 3 is 2.39 bits per heavy atom. The number of nitrogens with one attached hydrogen (secondary N) is 2. The van der Waals surface area contributed by atoms with Crippen LogP contribution in [0.15, 0.2) is 47.3 Å². The number of aromatic nitrogens is 3. The number of nitrogens with two attached hydrogens (primary N) is 1. The van der Waals surface area contributed by atoms with Crippen molar-refractivity contribution in [3.05, 3.63) is 63.9 Å². The fourth-order valence-electron chi connectivity index (χ4n) is 2.17. The average molecular weight is 307 g/mol. The first-order valence-corrected chi connectivity index (χ1v) is 7.20. The van der Waals surface area contributed by atoms with Gasteiger partial charge in [-0.2, -0.15) is 0 Å². The zero-order chi connectivity index (χ0) is 16.4. The van der Waals surface area contributed by atoms with E-state index in [0.29, 0.717) is 11.4 Å². The summed E-state index contributed by atoms with van der Waals surface area (Å²) >= 11 is 0. The third-order valence-electron chi connectivity index (χ3n) is 3.65. The Kier molecular flexibility index (Phi) is 3.80. The highest BCUT2D eigenvalue weighted by molar-refractivity contribution is 5.61. The van der Waals surface area contributed by atoms with Crippen molar-refractivity contribution in [2.24, 2.45) is 0 Å². The second-order valence-corrected chi connectivity index (χ2v) is 5.40. The summed E-state index contributed by atoms with van der Waals surface area (Å²) in [4.78, 5) is 15.0. The van der Waals surface area contributed by atoms with Gasteiger partial charge in [-0.15, -0.1) is 10.2 Å². The van der Waals surface area contributed by atoms with Crippen LogP contribution in [0.25, 0.3) is 11.3 Å². The van der Waals surface area contributed by atoms with Gasteiger partial charge in [-0.05, 0) is 55.3 Å². The molecule has 4 N–H and O–H groups in total. The Bertz CT molecular complexity index is 900. The van der Waals surface area contributed by atoms with Crippen molar-refractivity contribution in [1.82, 2.24) is 15.2 Å². The minimum absolute atomic E-state index is 0.285. The summed E-state index contributed by atoms with van der Waals surface area (Å²) < 4.78 is 0. The molecule has 3 aromatic rings. The number of nitrogens with zero attached hydrogens (tertiary/aromatic N) is 2. The zero-order valence-electron chi connectivity index (χ0n) is 12.9. The standard InChI is InChI=1S/C17H17N5O/c1-10-3-4-12(9-11(10)2)15-16(23)20-17(22-21-15)19-14-7-5-13(18)6-8-14/h3-9H,18H2,1-2H3,(H2,19,20,22,23). The summed E-state index contributed by atoms with van der Waals surface area (Å²) in [7, 11) is 0. The predicted molar refractivity (Wildman–Crippen MR) is 91.7 cm³/mol. The molecule has 0 atom stereocenters. The van der Waals surface area contributed by atoms with Gasteiger partial charge in [-0.25, -0.2) is 0 Å². The molecule has 1 aromatic heterocycles. The van der Waals surface area contributed by atoms with Gasteiger partial charge in [0, 0.05) is 16.9 Å². The van der Waals surface area contributed by atoms with Crippen LogP contribution in [0.4, 0.5) is 17.3 Å². The minimum Gasteiger partial charge on any atom is -0.399 e. The SMILES string of the molecule is Cc1ccc(-c2nnc(Nc3ccc(N)cc3)[nH]c2=O)cc1C. The van der Waals surface area contributed by atoms with Gasteiger partial charge in [0.2, 0.25) is 5.95 Å². The van der Waals surface area contributed by atoms with Gasteiger partial charge >= 0.3 is 0 Å². The highest BCUT2D eigenvalue weighted by Gasteiger charge is 2.08. The summed E-state index contributed by atoms with van der Waals surface area (Å²) in [6.45, 7) is 4.02. The lowest BCUT2D eigenvalue weighted by molar-refractivity contribution is 0.961. The molecule has 0 aliphatic rings. The number of aromatic amines is 1. The van der Waals surface area contributed by atoms with Crippen LogP contribution in [-0.4, -0.2) is 15.2 Å². The van der Waals surface area contributed by atoms with Crippen LogP contribution in [0.5, 0.6) is 0 Å². The lowest BCUT2D eigenvalue weighted by Gasteiger charge is -2.07. The van der Waals surface area contributed by atoms with E-state index in [1.54, 1.807) is 24.3 Å². The van der Waals surface area contributed by atoms with Crippen molar-refractivity contribution in [3.63, 3.8) is 0 Å². The van der Waals surface area contributed by atoms with E-state index in [0.717, 1.165) is 16.8 Å². The van der Waals surface area contributed by atoms with E-state index >= 15 is 0 Å². The quantitative estimate of drug-likeness (QED) is 0.646. The van der Waals surface area contributed by atoms with E-state index in [4.69, 9.17) is 5.73 Å². The van der Waals surface area contributed by atoms with E-state index < -0.39 is 0 Å². The van der Waals surface area contributed by atoms with Crippen LogP contribution in [0.1, 0.15) is 11.1 Å². The Labute approximate surface area is 133 Å². The molecule has 0 amide bonds. The number of anilines is 3. The van der Waals surface area contributed by atoms with Gasteiger partial charge in [-0.3, -0.25) is 9.78 Å². The first-order chi connectivity index (χ1) is 11.0. The van der Waals surface area contributed by atoms with E-state index in [1.165, 1.54) is 5.56 Å². The third kappa shape index (κ3) is 3.21. The lowest BCUT2D eigenvalue weighted by atomic mass is 10.0. The summed E-state index contributed by atoms with van der Waals surface area (Å²) in [5, 5.41) is 11.1. The summed E-state index contributed by atoms with van der Waals surface area (Å²) in [6.07, 6.45) is 0. The molecule has 2 aromatic carbocycles. The smallest absolute Gasteiger partial charge is 0.279 e. The molecule has 6 heteroatoms. The van der Waals surface area contributed by atoms with Crippen LogP contribution in [0.2, 0.25) is 0 Å². The van der Waals surface area contributed by atoms with Crippen molar-refractivity contribution in [3.8, 4) is 11.3 Å². The van der Waals surface area contributed by atoms with Gasteiger partial charge in [0.15, 0.2) is 5.69 Å². The van der Waals surface area contributed by atoms with Crippen LogP contribution >= 0.6 is 0 Å². The molecule has 0 saturated carbocycles. The van der Waals surface area contributed by atoms with Crippen molar-refractivity contribution < 1.29 is 0 Å². The van der Waals surface area contributed by atoms with Crippen molar-refractivity contribution >= 4 is 17.3 Å². The molecule has 0 aliphatic heterocycles. The fourth-order valence-corrected chi connectivity index (χ4v) is 2.17. The minimum atomic E-state index is -0.291. The summed E-state index contributed by atoms with van der Waals surface area (Å²) in [6, 6.07) is 12.9. The number of rotatable bonds is 3.